The van der Waals surface area contributed by atoms with E-state index < -0.39 is 18.0 Å². The zero-order chi connectivity index (χ0) is 23.2. The molecule has 0 fully saturated rings. The molecule has 7 nitrogen and oxygen atoms in total. The smallest absolute Gasteiger partial charge is 0.338 e. The molecule has 0 aliphatic heterocycles. The Labute approximate surface area is 188 Å². The van der Waals surface area contributed by atoms with Crippen LogP contribution in [0.5, 0.6) is 0 Å². The van der Waals surface area contributed by atoms with Gasteiger partial charge in [0, 0.05) is 23.9 Å². The lowest BCUT2D eigenvalue weighted by Crippen LogP contribution is -2.32. The first-order valence-corrected chi connectivity index (χ1v) is 11.4. The number of aromatic nitrogens is 2. The Morgan fingerprint density at radius 3 is 2.13 bits per heavy atom. The summed E-state index contributed by atoms with van der Waals surface area (Å²) in [5.41, 5.74) is 4.00. The lowest BCUT2D eigenvalue weighted by Gasteiger charge is -2.13. The molecule has 0 saturated heterocycles. The van der Waals surface area contributed by atoms with Gasteiger partial charge in [-0.2, -0.15) is 11.8 Å². The number of hydrogen-bond donors (Lipinski definition) is 3. The minimum Gasteiger partial charge on any atom is -0.480 e. The van der Waals surface area contributed by atoms with Crippen molar-refractivity contribution < 1.29 is 19.8 Å². The molecule has 0 saturated carbocycles. The van der Waals surface area contributed by atoms with Crippen molar-refractivity contribution in [3.63, 3.8) is 0 Å². The predicted molar refractivity (Wildman–Crippen MR) is 127 cm³/mol. The van der Waals surface area contributed by atoms with Crippen molar-refractivity contribution in [3.8, 4) is 0 Å². The summed E-state index contributed by atoms with van der Waals surface area (Å²) >= 11 is 1.51. The van der Waals surface area contributed by atoms with Crippen LogP contribution in [0.15, 0.2) is 47.3 Å². The van der Waals surface area contributed by atoms with E-state index in [2.05, 4.69) is 61.2 Å². The van der Waals surface area contributed by atoms with E-state index in [1.54, 1.807) is 0 Å². The van der Waals surface area contributed by atoms with Gasteiger partial charge in [-0.05, 0) is 53.4 Å². The van der Waals surface area contributed by atoms with Gasteiger partial charge in [0.2, 0.25) is 5.95 Å². The molecule has 8 heteroatoms. The normalized spacial score (nSPS) is 12.9. The highest BCUT2D eigenvalue weighted by molar-refractivity contribution is 7.99. The van der Waals surface area contributed by atoms with E-state index >= 15 is 0 Å². The number of nitrogens with one attached hydrogen (secondary N) is 1. The fourth-order valence-corrected chi connectivity index (χ4v) is 3.57. The molecule has 3 N–H and O–H groups in total. The molecule has 1 heterocycles. The second-order valence-corrected chi connectivity index (χ2v) is 8.71. The van der Waals surface area contributed by atoms with Crippen molar-refractivity contribution >= 4 is 29.6 Å². The minimum absolute atomic E-state index is 0.0506. The average Bonchev–Trinajstić information content (AvgIpc) is 2.70. The van der Waals surface area contributed by atoms with Crippen LogP contribution in [0.1, 0.15) is 63.7 Å². The summed E-state index contributed by atoms with van der Waals surface area (Å²) in [6, 6.07) is -0.860. The highest BCUT2D eigenvalue weighted by Crippen LogP contribution is 2.14. The first-order valence-electron chi connectivity index (χ1n) is 10.3. The van der Waals surface area contributed by atoms with Crippen molar-refractivity contribution in [1.29, 1.82) is 0 Å². The zero-order valence-electron chi connectivity index (χ0n) is 18.7. The Bertz CT molecular complexity index is 813. The van der Waals surface area contributed by atoms with Crippen molar-refractivity contribution in [2.24, 2.45) is 0 Å². The van der Waals surface area contributed by atoms with Crippen LogP contribution in [0, 0.1) is 0 Å². The van der Waals surface area contributed by atoms with E-state index in [0.717, 1.165) is 43.8 Å². The summed E-state index contributed by atoms with van der Waals surface area (Å²) in [6.45, 7) is 8.50. The van der Waals surface area contributed by atoms with E-state index in [1.807, 2.05) is 0 Å². The minimum atomic E-state index is -1.13. The molecular formula is C23H33N3O4S. The van der Waals surface area contributed by atoms with Crippen molar-refractivity contribution in [2.45, 2.75) is 59.4 Å². The molecule has 1 aromatic rings. The molecule has 0 bridgehead atoms. The highest BCUT2D eigenvalue weighted by Gasteiger charge is 2.18. The molecule has 1 atom stereocenters. The number of hydrogen-bond acceptors (Lipinski definition) is 6. The summed E-state index contributed by atoms with van der Waals surface area (Å²) in [6.07, 6.45) is 13.2. The van der Waals surface area contributed by atoms with Crippen LogP contribution in [0.25, 0.3) is 0 Å². The van der Waals surface area contributed by atoms with Crippen molar-refractivity contribution in [3.05, 3.63) is 52.9 Å². The topological polar surface area (TPSA) is 112 Å². The highest BCUT2D eigenvalue weighted by atomic mass is 32.2. The first-order chi connectivity index (χ1) is 14.7. The van der Waals surface area contributed by atoms with Crippen LogP contribution in [-0.4, -0.2) is 49.7 Å². The van der Waals surface area contributed by atoms with Gasteiger partial charge in [-0.3, -0.25) is 0 Å². The van der Waals surface area contributed by atoms with Gasteiger partial charge in [0.05, 0.1) is 5.56 Å². The summed E-state index contributed by atoms with van der Waals surface area (Å²) in [4.78, 5) is 30.0. The van der Waals surface area contributed by atoms with Crippen LogP contribution in [-0.2, 0) is 4.79 Å². The summed E-state index contributed by atoms with van der Waals surface area (Å²) < 4.78 is 0. The Kier molecular flexibility index (Phi) is 12.3. The summed E-state index contributed by atoms with van der Waals surface area (Å²) in [5, 5.41) is 21.0. The summed E-state index contributed by atoms with van der Waals surface area (Å²) in [7, 11) is 0. The number of carboxylic acid groups (broad SMARTS) is 2. The number of carbonyl (C=O) groups is 2. The fourth-order valence-electron chi connectivity index (χ4n) is 2.57. The molecule has 170 valence electrons. The third kappa shape index (κ3) is 12.0. The lowest BCUT2D eigenvalue weighted by atomic mass is 10.1. The second kappa shape index (κ2) is 14.4. The standard InChI is InChI=1S/C23H33N3O4S/c1-16(2)7-5-8-17(3)9-6-10-18(4)11-12-31-15-20(22(29)30)26-23-24-13-19(14-25-23)21(27)28/h7,9,11,13-14,20H,5-6,8,10,12,15H2,1-4H3,(H,27,28)(H,29,30)(H,24,25,26)/b17-9+,18-11+. The van der Waals surface area contributed by atoms with Crippen LogP contribution < -0.4 is 5.32 Å². The Morgan fingerprint density at radius 2 is 1.58 bits per heavy atom. The molecule has 0 amide bonds. The molecule has 1 rings (SSSR count). The number of allylic oxidation sites excluding steroid dienone is 5. The number of rotatable bonds is 14. The fraction of sp³-hybridized carbons (Fsp3) is 0.478. The van der Waals surface area contributed by atoms with Gasteiger partial charge in [0.25, 0.3) is 0 Å². The van der Waals surface area contributed by atoms with Gasteiger partial charge >= 0.3 is 11.9 Å². The van der Waals surface area contributed by atoms with Gasteiger partial charge in [-0.15, -0.1) is 0 Å². The van der Waals surface area contributed by atoms with Crippen LogP contribution in [0.2, 0.25) is 0 Å². The first kappa shape index (κ1) is 26.4. The number of thioether (sulfide) groups is 1. The van der Waals surface area contributed by atoms with E-state index in [1.165, 1.54) is 28.5 Å². The maximum atomic E-state index is 11.5. The zero-order valence-corrected chi connectivity index (χ0v) is 19.5. The largest absolute Gasteiger partial charge is 0.480 e. The van der Waals surface area contributed by atoms with Crippen molar-refractivity contribution in [1.82, 2.24) is 9.97 Å². The van der Waals surface area contributed by atoms with Gasteiger partial charge in [0.15, 0.2) is 0 Å². The van der Waals surface area contributed by atoms with Gasteiger partial charge in [-0.25, -0.2) is 19.6 Å². The Morgan fingerprint density at radius 1 is 1.00 bits per heavy atom. The molecule has 0 aliphatic rings. The molecule has 31 heavy (non-hydrogen) atoms. The van der Waals surface area contributed by atoms with Crippen LogP contribution in [0.3, 0.4) is 0 Å². The quantitative estimate of drug-likeness (QED) is 0.264. The average molecular weight is 448 g/mol. The van der Waals surface area contributed by atoms with E-state index in [0.29, 0.717) is 5.75 Å². The monoisotopic (exact) mass is 447 g/mol. The maximum Gasteiger partial charge on any atom is 0.338 e. The second-order valence-electron chi connectivity index (χ2n) is 7.63. The Balaban J connectivity index is 2.39. The number of carboxylic acids is 2. The molecule has 1 unspecified atom stereocenters. The predicted octanol–water partition coefficient (Wildman–Crippen LogP) is 5.19. The van der Waals surface area contributed by atoms with E-state index in [4.69, 9.17) is 5.11 Å². The number of aromatic carboxylic acids is 1. The Hall–Kier alpha value is -2.61. The van der Waals surface area contributed by atoms with Gasteiger partial charge < -0.3 is 15.5 Å². The number of anilines is 1. The molecular weight excluding hydrogens is 414 g/mol. The number of aliphatic carboxylic acids is 1. The third-order valence-corrected chi connectivity index (χ3v) is 5.43. The van der Waals surface area contributed by atoms with E-state index in [-0.39, 0.29) is 11.5 Å². The van der Waals surface area contributed by atoms with E-state index in [9.17, 15) is 14.7 Å². The summed E-state index contributed by atoms with van der Waals surface area (Å²) in [5.74, 6) is -0.982. The molecule has 0 spiro atoms. The number of nitrogens with zero attached hydrogens (tertiary/aromatic N) is 2. The SMILES string of the molecule is CC(C)=CCC/C(C)=C/CC/C(C)=C/CSCC(Nc1ncc(C(=O)O)cn1)C(=O)O. The molecule has 0 aromatic carbocycles. The molecule has 1 aromatic heterocycles. The molecule has 0 radical (unpaired) electrons. The lowest BCUT2D eigenvalue weighted by molar-refractivity contribution is -0.137. The molecule has 0 aliphatic carbocycles. The maximum absolute atomic E-state index is 11.5. The third-order valence-electron chi connectivity index (χ3n) is 4.46. The van der Waals surface area contributed by atoms with Gasteiger partial charge in [0.1, 0.15) is 6.04 Å². The van der Waals surface area contributed by atoms with Crippen LogP contribution in [0.4, 0.5) is 5.95 Å². The van der Waals surface area contributed by atoms with Crippen LogP contribution >= 0.6 is 11.8 Å². The van der Waals surface area contributed by atoms with Gasteiger partial charge in [-0.1, -0.05) is 34.9 Å². The van der Waals surface area contributed by atoms with Crippen molar-refractivity contribution in [2.75, 3.05) is 16.8 Å².